The fourth-order valence-corrected chi connectivity index (χ4v) is 2.38. The Bertz CT molecular complexity index is 369. The van der Waals surface area contributed by atoms with Crippen LogP contribution in [0.2, 0.25) is 0 Å². The van der Waals surface area contributed by atoms with Crippen LogP contribution in [0, 0.1) is 5.82 Å². The van der Waals surface area contributed by atoms with Gasteiger partial charge in [0.25, 0.3) is 0 Å². The molecule has 1 aromatic carbocycles. The Morgan fingerprint density at radius 2 is 2.29 bits per heavy atom. The first-order valence-corrected chi connectivity index (χ1v) is 6.28. The van der Waals surface area contributed by atoms with Crippen LogP contribution in [-0.4, -0.2) is 18.8 Å². The Kier molecular flexibility index (Phi) is 4.13. The van der Waals surface area contributed by atoms with Crippen LogP contribution >= 0.6 is 0 Å². The highest BCUT2D eigenvalue weighted by atomic mass is 19.1. The summed E-state index contributed by atoms with van der Waals surface area (Å²) in [5, 5.41) is 3.55. The SMILES string of the molecule is CC1CC(N[C@H](C)c2cccc(F)c2)CCO1. The zero-order valence-electron chi connectivity index (χ0n) is 10.4. The van der Waals surface area contributed by atoms with Crippen molar-refractivity contribution < 1.29 is 9.13 Å². The van der Waals surface area contributed by atoms with Gasteiger partial charge in [0.2, 0.25) is 0 Å². The van der Waals surface area contributed by atoms with Gasteiger partial charge in [-0.3, -0.25) is 0 Å². The molecule has 1 heterocycles. The maximum atomic E-state index is 13.1. The van der Waals surface area contributed by atoms with E-state index in [0.717, 1.165) is 25.0 Å². The first-order valence-electron chi connectivity index (χ1n) is 6.28. The molecule has 1 aliphatic rings. The van der Waals surface area contributed by atoms with Crippen molar-refractivity contribution in [3.05, 3.63) is 35.6 Å². The standard InChI is InChI=1S/C14H20FNO/c1-10-8-14(6-7-17-10)16-11(2)12-4-3-5-13(15)9-12/h3-5,9-11,14,16H,6-8H2,1-2H3/t10?,11-,14?/m1/s1. The summed E-state index contributed by atoms with van der Waals surface area (Å²) in [6, 6.07) is 7.45. The molecule has 0 radical (unpaired) electrons. The summed E-state index contributed by atoms with van der Waals surface area (Å²) in [6.45, 7) is 4.99. The Morgan fingerprint density at radius 3 is 3.00 bits per heavy atom. The predicted octanol–water partition coefficient (Wildman–Crippen LogP) is 3.04. The van der Waals surface area contributed by atoms with Gasteiger partial charge < -0.3 is 10.1 Å². The average Bonchev–Trinajstić information content (AvgIpc) is 2.29. The Hall–Kier alpha value is -0.930. The second-order valence-electron chi connectivity index (χ2n) is 4.85. The third kappa shape index (κ3) is 3.51. The topological polar surface area (TPSA) is 21.3 Å². The zero-order chi connectivity index (χ0) is 12.3. The third-order valence-corrected chi connectivity index (χ3v) is 3.32. The fraction of sp³-hybridized carbons (Fsp3) is 0.571. The van der Waals surface area contributed by atoms with Crippen molar-refractivity contribution in [2.75, 3.05) is 6.61 Å². The van der Waals surface area contributed by atoms with E-state index in [1.54, 1.807) is 12.1 Å². The number of ether oxygens (including phenoxy) is 1. The molecule has 17 heavy (non-hydrogen) atoms. The van der Waals surface area contributed by atoms with E-state index in [0.29, 0.717) is 12.1 Å². The summed E-state index contributed by atoms with van der Waals surface area (Å²) in [5.74, 6) is -0.170. The lowest BCUT2D eigenvalue weighted by Crippen LogP contribution is -2.39. The second kappa shape index (κ2) is 5.61. The average molecular weight is 237 g/mol. The van der Waals surface area contributed by atoms with Crippen LogP contribution in [0.3, 0.4) is 0 Å². The number of halogens is 1. The summed E-state index contributed by atoms with van der Waals surface area (Å²) in [6.07, 6.45) is 2.38. The van der Waals surface area contributed by atoms with Crippen LogP contribution in [-0.2, 0) is 4.74 Å². The van der Waals surface area contributed by atoms with Crippen LogP contribution in [0.25, 0.3) is 0 Å². The molecule has 0 amide bonds. The van der Waals surface area contributed by atoms with Crippen LogP contribution in [0.5, 0.6) is 0 Å². The molecule has 0 aromatic heterocycles. The van der Waals surface area contributed by atoms with E-state index in [1.807, 2.05) is 6.07 Å². The molecule has 0 spiro atoms. The minimum Gasteiger partial charge on any atom is -0.378 e. The van der Waals surface area contributed by atoms with E-state index in [1.165, 1.54) is 6.07 Å². The molecule has 2 nitrogen and oxygen atoms in total. The van der Waals surface area contributed by atoms with Crippen LogP contribution in [0.1, 0.15) is 38.3 Å². The molecule has 3 atom stereocenters. The molecule has 1 aliphatic heterocycles. The molecule has 0 saturated carbocycles. The third-order valence-electron chi connectivity index (χ3n) is 3.32. The van der Waals surface area contributed by atoms with Gasteiger partial charge in [0, 0.05) is 18.7 Å². The monoisotopic (exact) mass is 237 g/mol. The van der Waals surface area contributed by atoms with Gasteiger partial charge in [0.15, 0.2) is 0 Å². The van der Waals surface area contributed by atoms with Crippen molar-refractivity contribution in [3.63, 3.8) is 0 Å². The van der Waals surface area contributed by atoms with E-state index in [4.69, 9.17) is 4.74 Å². The molecule has 1 N–H and O–H groups in total. The van der Waals surface area contributed by atoms with Crippen LogP contribution in [0.15, 0.2) is 24.3 Å². The number of hydrogen-bond acceptors (Lipinski definition) is 2. The molecule has 94 valence electrons. The first-order chi connectivity index (χ1) is 8.15. The molecule has 2 rings (SSSR count). The van der Waals surface area contributed by atoms with Gasteiger partial charge in [-0.15, -0.1) is 0 Å². The number of hydrogen-bond donors (Lipinski definition) is 1. The molecule has 3 heteroatoms. The Balaban J connectivity index is 1.94. The summed E-state index contributed by atoms with van der Waals surface area (Å²) in [4.78, 5) is 0. The highest BCUT2D eigenvalue weighted by Crippen LogP contribution is 2.19. The molecule has 0 aliphatic carbocycles. The fourth-order valence-electron chi connectivity index (χ4n) is 2.38. The Labute approximate surface area is 102 Å². The van der Waals surface area contributed by atoms with E-state index in [-0.39, 0.29) is 11.9 Å². The highest BCUT2D eigenvalue weighted by Gasteiger charge is 2.21. The minimum absolute atomic E-state index is 0.170. The van der Waals surface area contributed by atoms with Gasteiger partial charge in [-0.05, 0) is 44.4 Å². The van der Waals surface area contributed by atoms with Crippen molar-refractivity contribution >= 4 is 0 Å². The van der Waals surface area contributed by atoms with E-state index >= 15 is 0 Å². The number of nitrogens with one attached hydrogen (secondary N) is 1. The summed E-state index contributed by atoms with van der Waals surface area (Å²) in [5.41, 5.74) is 1.00. The quantitative estimate of drug-likeness (QED) is 0.872. The lowest BCUT2D eigenvalue weighted by Gasteiger charge is -2.30. The molecule has 1 saturated heterocycles. The maximum Gasteiger partial charge on any atom is 0.123 e. The van der Waals surface area contributed by atoms with Gasteiger partial charge in [-0.1, -0.05) is 12.1 Å². The second-order valence-corrected chi connectivity index (χ2v) is 4.85. The van der Waals surface area contributed by atoms with E-state index < -0.39 is 0 Å². The van der Waals surface area contributed by atoms with Crippen molar-refractivity contribution in [3.8, 4) is 0 Å². The van der Waals surface area contributed by atoms with Gasteiger partial charge >= 0.3 is 0 Å². The van der Waals surface area contributed by atoms with Crippen molar-refractivity contribution in [2.24, 2.45) is 0 Å². The summed E-state index contributed by atoms with van der Waals surface area (Å²) >= 11 is 0. The van der Waals surface area contributed by atoms with Crippen molar-refractivity contribution in [2.45, 2.75) is 44.9 Å². The van der Waals surface area contributed by atoms with E-state index in [9.17, 15) is 4.39 Å². The molecular weight excluding hydrogens is 217 g/mol. The molecule has 1 aromatic rings. The van der Waals surface area contributed by atoms with Gasteiger partial charge in [-0.25, -0.2) is 4.39 Å². The smallest absolute Gasteiger partial charge is 0.123 e. The van der Waals surface area contributed by atoms with E-state index in [2.05, 4.69) is 19.2 Å². The van der Waals surface area contributed by atoms with Crippen molar-refractivity contribution in [1.82, 2.24) is 5.32 Å². The Morgan fingerprint density at radius 1 is 1.47 bits per heavy atom. The minimum atomic E-state index is -0.170. The molecular formula is C14H20FNO. The van der Waals surface area contributed by atoms with Gasteiger partial charge in [-0.2, -0.15) is 0 Å². The van der Waals surface area contributed by atoms with Gasteiger partial charge in [0.1, 0.15) is 5.82 Å². The lowest BCUT2D eigenvalue weighted by molar-refractivity contribution is 0.0116. The highest BCUT2D eigenvalue weighted by molar-refractivity contribution is 5.19. The summed E-state index contributed by atoms with van der Waals surface area (Å²) < 4.78 is 18.6. The molecule has 0 bridgehead atoms. The number of benzene rings is 1. The summed E-state index contributed by atoms with van der Waals surface area (Å²) in [7, 11) is 0. The predicted molar refractivity (Wildman–Crippen MR) is 66.4 cm³/mol. The van der Waals surface area contributed by atoms with Crippen LogP contribution < -0.4 is 5.32 Å². The zero-order valence-corrected chi connectivity index (χ0v) is 10.4. The maximum absolute atomic E-state index is 13.1. The van der Waals surface area contributed by atoms with Gasteiger partial charge in [0.05, 0.1) is 6.10 Å². The first kappa shape index (κ1) is 12.5. The van der Waals surface area contributed by atoms with Crippen LogP contribution in [0.4, 0.5) is 4.39 Å². The normalized spacial score (nSPS) is 26.8. The lowest BCUT2D eigenvalue weighted by atomic mass is 10.0. The molecule has 2 unspecified atom stereocenters. The largest absolute Gasteiger partial charge is 0.378 e. The van der Waals surface area contributed by atoms with Crippen molar-refractivity contribution in [1.29, 1.82) is 0 Å². The number of rotatable bonds is 3. The molecule has 1 fully saturated rings.